The van der Waals surface area contributed by atoms with Gasteiger partial charge in [-0.3, -0.25) is 9.59 Å². The van der Waals surface area contributed by atoms with Gasteiger partial charge in [-0.25, -0.2) is 4.68 Å². The summed E-state index contributed by atoms with van der Waals surface area (Å²) in [4.78, 5) is 23.4. The second kappa shape index (κ2) is 6.14. The fourth-order valence-corrected chi connectivity index (χ4v) is 1.85. The average molecular weight is 275 g/mol. The number of aromatic nitrogens is 3. The largest absolute Gasteiger partial charge is 0.355 e. The van der Waals surface area contributed by atoms with Gasteiger partial charge in [0.25, 0.3) is 0 Å². The number of hydrogen-bond donors (Lipinski definition) is 2. The first-order valence-electron chi connectivity index (χ1n) is 6.47. The van der Waals surface area contributed by atoms with Crippen molar-refractivity contribution in [3.05, 3.63) is 24.3 Å². The van der Waals surface area contributed by atoms with E-state index in [1.54, 1.807) is 6.92 Å². The molecule has 1 aromatic carbocycles. The minimum atomic E-state index is -0.572. The molecular formula is C13H17N5O2. The minimum Gasteiger partial charge on any atom is -0.355 e. The van der Waals surface area contributed by atoms with Crippen LogP contribution in [0, 0.1) is 0 Å². The molecule has 0 aliphatic heterocycles. The summed E-state index contributed by atoms with van der Waals surface area (Å²) in [6, 6.07) is 6.82. The van der Waals surface area contributed by atoms with E-state index in [0.717, 1.165) is 11.0 Å². The molecule has 2 amide bonds. The summed E-state index contributed by atoms with van der Waals surface area (Å²) >= 11 is 0. The third-order valence-corrected chi connectivity index (χ3v) is 2.84. The first-order chi connectivity index (χ1) is 9.61. The van der Waals surface area contributed by atoms with Gasteiger partial charge in [-0.05, 0) is 26.0 Å². The Kier molecular flexibility index (Phi) is 4.29. The topological polar surface area (TPSA) is 88.9 Å². The van der Waals surface area contributed by atoms with Crippen molar-refractivity contribution in [3.63, 3.8) is 0 Å². The van der Waals surface area contributed by atoms with Gasteiger partial charge in [0.15, 0.2) is 0 Å². The number of carbonyl (C=O) groups excluding carboxylic acids is 2. The minimum absolute atomic E-state index is 0.0320. The molecule has 2 rings (SSSR count). The van der Waals surface area contributed by atoms with E-state index < -0.39 is 6.04 Å². The van der Waals surface area contributed by atoms with Crippen LogP contribution in [0.4, 0.5) is 0 Å². The molecule has 7 nitrogen and oxygen atoms in total. The lowest BCUT2D eigenvalue weighted by Gasteiger charge is -2.13. The van der Waals surface area contributed by atoms with E-state index in [0.29, 0.717) is 6.54 Å². The third-order valence-electron chi connectivity index (χ3n) is 2.84. The van der Waals surface area contributed by atoms with Crippen molar-refractivity contribution >= 4 is 22.8 Å². The number of fused-ring (bicyclic) bond motifs is 1. The van der Waals surface area contributed by atoms with Crippen LogP contribution in [-0.2, 0) is 16.1 Å². The number of amides is 2. The second-order valence-corrected chi connectivity index (χ2v) is 4.42. The molecule has 0 saturated carbocycles. The fraction of sp³-hybridized carbons (Fsp3) is 0.385. The predicted molar refractivity (Wildman–Crippen MR) is 73.8 cm³/mol. The highest BCUT2D eigenvalue weighted by molar-refractivity contribution is 5.87. The highest BCUT2D eigenvalue weighted by Crippen LogP contribution is 2.09. The molecule has 1 atom stereocenters. The Morgan fingerprint density at radius 1 is 1.35 bits per heavy atom. The molecule has 0 spiro atoms. The van der Waals surface area contributed by atoms with Crippen LogP contribution in [0.15, 0.2) is 24.3 Å². The maximum atomic E-state index is 11.9. The van der Waals surface area contributed by atoms with Crippen molar-refractivity contribution in [2.75, 3.05) is 6.54 Å². The molecule has 0 saturated heterocycles. The van der Waals surface area contributed by atoms with Crippen molar-refractivity contribution in [1.82, 2.24) is 25.6 Å². The van der Waals surface area contributed by atoms with Crippen molar-refractivity contribution in [1.29, 1.82) is 0 Å². The Balaban J connectivity index is 1.99. The SMILES string of the molecule is CCNC(=O)C(C)NC(=O)Cn1nnc2ccccc21. The molecule has 1 unspecified atom stereocenters. The van der Waals surface area contributed by atoms with Crippen molar-refractivity contribution < 1.29 is 9.59 Å². The van der Waals surface area contributed by atoms with Crippen LogP contribution in [0.25, 0.3) is 11.0 Å². The summed E-state index contributed by atoms with van der Waals surface area (Å²) in [6.07, 6.45) is 0. The maximum absolute atomic E-state index is 11.9. The first kappa shape index (κ1) is 14.0. The monoisotopic (exact) mass is 275 g/mol. The summed E-state index contributed by atoms with van der Waals surface area (Å²) in [7, 11) is 0. The van der Waals surface area contributed by atoms with Crippen LogP contribution in [0.3, 0.4) is 0 Å². The summed E-state index contributed by atoms with van der Waals surface area (Å²) < 4.78 is 1.51. The smallest absolute Gasteiger partial charge is 0.242 e. The Hall–Kier alpha value is -2.44. The van der Waals surface area contributed by atoms with Crippen molar-refractivity contribution in [2.45, 2.75) is 26.4 Å². The lowest BCUT2D eigenvalue weighted by Crippen LogP contribution is -2.45. The number of carbonyl (C=O) groups is 2. The van der Waals surface area contributed by atoms with E-state index in [1.807, 2.05) is 31.2 Å². The van der Waals surface area contributed by atoms with E-state index in [-0.39, 0.29) is 18.4 Å². The van der Waals surface area contributed by atoms with Crippen LogP contribution >= 0.6 is 0 Å². The van der Waals surface area contributed by atoms with Gasteiger partial charge in [0.05, 0.1) is 5.52 Å². The number of para-hydroxylation sites is 1. The lowest BCUT2D eigenvalue weighted by molar-refractivity contribution is -0.128. The molecule has 0 radical (unpaired) electrons. The molecule has 1 heterocycles. The van der Waals surface area contributed by atoms with Crippen LogP contribution in [0.2, 0.25) is 0 Å². The van der Waals surface area contributed by atoms with Gasteiger partial charge in [0.2, 0.25) is 11.8 Å². The normalized spacial score (nSPS) is 12.1. The quantitative estimate of drug-likeness (QED) is 0.808. The summed E-state index contributed by atoms with van der Waals surface area (Å²) in [5.41, 5.74) is 1.52. The van der Waals surface area contributed by atoms with E-state index >= 15 is 0 Å². The molecule has 20 heavy (non-hydrogen) atoms. The zero-order valence-corrected chi connectivity index (χ0v) is 11.5. The fourth-order valence-electron chi connectivity index (χ4n) is 1.85. The Morgan fingerprint density at radius 3 is 2.85 bits per heavy atom. The molecule has 7 heteroatoms. The lowest BCUT2D eigenvalue weighted by atomic mass is 10.3. The van der Waals surface area contributed by atoms with Crippen LogP contribution in [-0.4, -0.2) is 39.4 Å². The van der Waals surface area contributed by atoms with Crippen LogP contribution in [0.1, 0.15) is 13.8 Å². The van der Waals surface area contributed by atoms with Gasteiger partial charge in [0, 0.05) is 6.54 Å². The van der Waals surface area contributed by atoms with Gasteiger partial charge in [-0.1, -0.05) is 17.3 Å². The Bertz CT molecular complexity index is 622. The molecule has 0 bridgehead atoms. The molecule has 0 aliphatic rings. The third kappa shape index (κ3) is 3.11. The van der Waals surface area contributed by atoms with E-state index in [1.165, 1.54) is 4.68 Å². The summed E-state index contributed by atoms with van der Waals surface area (Å²) in [5, 5.41) is 13.2. The van der Waals surface area contributed by atoms with Crippen molar-refractivity contribution in [2.24, 2.45) is 0 Å². The predicted octanol–water partition coefficient (Wildman–Crippen LogP) is 0.0721. The zero-order valence-electron chi connectivity index (χ0n) is 11.5. The number of likely N-dealkylation sites (N-methyl/N-ethyl adjacent to an activating group) is 1. The Labute approximate surface area is 116 Å². The van der Waals surface area contributed by atoms with E-state index in [2.05, 4.69) is 20.9 Å². The standard InChI is InChI=1S/C13H17N5O2/c1-3-14-13(20)9(2)15-12(19)8-18-11-7-5-4-6-10(11)16-17-18/h4-7,9H,3,8H2,1-2H3,(H,14,20)(H,15,19). The zero-order chi connectivity index (χ0) is 14.5. The second-order valence-electron chi connectivity index (χ2n) is 4.42. The molecule has 106 valence electrons. The molecule has 2 N–H and O–H groups in total. The number of rotatable bonds is 5. The van der Waals surface area contributed by atoms with Crippen LogP contribution in [0.5, 0.6) is 0 Å². The van der Waals surface area contributed by atoms with Gasteiger partial charge in [-0.2, -0.15) is 0 Å². The maximum Gasteiger partial charge on any atom is 0.242 e. The average Bonchev–Trinajstić information content (AvgIpc) is 2.82. The highest BCUT2D eigenvalue weighted by atomic mass is 16.2. The number of hydrogen-bond acceptors (Lipinski definition) is 4. The first-order valence-corrected chi connectivity index (χ1v) is 6.47. The molecule has 0 fully saturated rings. The summed E-state index contributed by atoms with van der Waals surface area (Å²) in [5.74, 6) is -0.483. The van der Waals surface area contributed by atoms with E-state index in [4.69, 9.17) is 0 Å². The molecular weight excluding hydrogens is 258 g/mol. The Morgan fingerprint density at radius 2 is 2.10 bits per heavy atom. The number of benzene rings is 1. The van der Waals surface area contributed by atoms with E-state index in [9.17, 15) is 9.59 Å². The highest BCUT2D eigenvalue weighted by Gasteiger charge is 2.15. The number of nitrogens with zero attached hydrogens (tertiary/aromatic N) is 3. The van der Waals surface area contributed by atoms with Gasteiger partial charge < -0.3 is 10.6 Å². The van der Waals surface area contributed by atoms with Gasteiger partial charge >= 0.3 is 0 Å². The molecule has 2 aromatic rings. The van der Waals surface area contributed by atoms with Gasteiger partial charge in [-0.15, -0.1) is 5.10 Å². The van der Waals surface area contributed by atoms with Gasteiger partial charge in [0.1, 0.15) is 18.1 Å². The van der Waals surface area contributed by atoms with Crippen LogP contribution < -0.4 is 10.6 Å². The van der Waals surface area contributed by atoms with Crippen molar-refractivity contribution in [3.8, 4) is 0 Å². The molecule has 0 aliphatic carbocycles. The molecule has 1 aromatic heterocycles. The number of nitrogens with one attached hydrogen (secondary N) is 2. The summed E-state index contributed by atoms with van der Waals surface area (Å²) in [6.45, 7) is 4.04.